The predicted octanol–water partition coefficient (Wildman–Crippen LogP) is 0.599. The fourth-order valence-electron chi connectivity index (χ4n) is 2.48. The van der Waals surface area contributed by atoms with Gasteiger partial charge in [-0.05, 0) is 26.7 Å². The Kier molecular flexibility index (Phi) is 3.41. The first-order valence-corrected chi connectivity index (χ1v) is 8.59. The standard InChI is InChI=1S/C13H20N4O2S/c1-9-8-17(10(2)5-14-9)13-15-6-12(7-16-13)20(18,19)11-3-4-11/h6-7,9-11,14H,3-5,8H2,1-2H3/t9-,10+/m1/s1. The van der Waals surface area contributed by atoms with Crippen molar-refractivity contribution in [2.75, 3.05) is 18.0 Å². The van der Waals surface area contributed by atoms with Crippen molar-refractivity contribution in [2.24, 2.45) is 0 Å². The third-order valence-electron chi connectivity index (χ3n) is 3.93. The Morgan fingerprint density at radius 3 is 2.50 bits per heavy atom. The van der Waals surface area contributed by atoms with Gasteiger partial charge >= 0.3 is 0 Å². The third kappa shape index (κ3) is 2.52. The summed E-state index contributed by atoms with van der Waals surface area (Å²) in [7, 11) is -3.19. The summed E-state index contributed by atoms with van der Waals surface area (Å²) in [6.07, 6.45) is 4.43. The van der Waals surface area contributed by atoms with Gasteiger partial charge in [-0.2, -0.15) is 0 Å². The summed E-state index contributed by atoms with van der Waals surface area (Å²) in [5.41, 5.74) is 0. The van der Waals surface area contributed by atoms with Gasteiger partial charge in [-0.15, -0.1) is 0 Å². The molecular formula is C13H20N4O2S. The van der Waals surface area contributed by atoms with E-state index in [-0.39, 0.29) is 10.1 Å². The summed E-state index contributed by atoms with van der Waals surface area (Å²) in [6.45, 7) is 5.93. The molecule has 6 nitrogen and oxygen atoms in total. The van der Waals surface area contributed by atoms with E-state index in [2.05, 4.69) is 34.0 Å². The Morgan fingerprint density at radius 2 is 1.90 bits per heavy atom. The molecule has 2 heterocycles. The van der Waals surface area contributed by atoms with E-state index in [1.807, 2.05) is 0 Å². The van der Waals surface area contributed by atoms with Gasteiger partial charge in [0.05, 0.1) is 17.6 Å². The fourth-order valence-corrected chi connectivity index (χ4v) is 4.02. The molecule has 3 rings (SSSR count). The van der Waals surface area contributed by atoms with Crippen molar-refractivity contribution in [1.82, 2.24) is 15.3 Å². The SMILES string of the molecule is C[C@@H]1CN(c2ncc(S(=O)(=O)C3CC3)cn2)[C@@H](C)CN1. The minimum Gasteiger partial charge on any atom is -0.335 e. The number of rotatable bonds is 3. The molecule has 1 aromatic rings. The predicted molar refractivity (Wildman–Crippen MR) is 76.5 cm³/mol. The molecule has 110 valence electrons. The molecule has 0 radical (unpaired) electrons. The van der Waals surface area contributed by atoms with Crippen LogP contribution in [0.2, 0.25) is 0 Å². The van der Waals surface area contributed by atoms with Crippen LogP contribution in [-0.2, 0) is 9.84 Å². The molecule has 20 heavy (non-hydrogen) atoms. The van der Waals surface area contributed by atoms with Crippen molar-refractivity contribution in [3.63, 3.8) is 0 Å². The quantitative estimate of drug-likeness (QED) is 0.880. The monoisotopic (exact) mass is 296 g/mol. The number of sulfone groups is 1. The van der Waals surface area contributed by atoms with E-state index in [4.69, 9.17) is 0 Å². The van der Waals surface area contributed by atoms with Crippen LogP contribution < -0.4 is 10.2 Å². The second-order valence-electron chi connectivity index (χ2n) is 5.77. The number of hydrogen-bond donors (Lipinski definition) is 1. The zero-order valence-electron chi connectivity index (χ0n) is 11.8. The zero-order valence-corrected chi connectivity index (χ0v) is 12.6. The maximum Gasteiger partial charge on any atom is 0.225 e. The topological polar surface area (TPSA) is 75.2 Å². The Balaban J connectivity index is 1.82. The zero-order chi connectivity index (χ0) is 14.3. The van der Waals surface area contributed by atoms with Crippen molar-refractivity contribution in [3.8, 4) is 0 Å². The lowest BCUT2D eigenvalue weighted by molar-refractivity contribution is 0.419. The van der Waals surface area contributed by atoms with E-state index in [9.17, 15) is 8.42 Å². The molecule has 0 aromatic carbocycles. The molecule has 1 aliphatic heterocycles. The molecular weight excluding hydrogens is 276 g/mol. The molecule has 2 atom stereocenters. The smallest absolute Gasteiger partial charge is 0.225 e. The van der Waals surface area contributed by atoms with E-state index in [1.165, 1.54) is 12.4 Å². The van der Waals surface area contributed by atoms with Crippen LogP contribution in [0.15, 0.2) is 17.3 Å². The Bertz CT molecular complexity index is 583. The van der Waals surface area contributed by atoms with Gasteiger partial charge in [-0.1, -0.05) is 0 Å². The lowest BCUT2D eigenvalue weighted by Gasteiger charge is -2.37. The second kappa shape index (κ2) is 4.96. The molecule has 2 fully saturated rings. The average molecular weight is 296 g/mol. The number of aromatic nitrogens is 2. The molecule has 0 amide bonds. The first-order valence-electron chi connectivity index (χ1n) is 7.04. The van der Waals surface area contributed by atoms with Crippen LogP contribution in [0.3, 0.4) is 0 Å². The Hall–Kier alpha value is -1.21. The molecule has 1 N–H and O–H groups in total. The largest absolute Gasteiger partial charge is 0.335 e. The molecule has 0 spiro atoms. The Morgan fingerprint density at radius 1 is 1.25 bits per heavy atom. The van der Waals surface area contributed by atoms with Crippen molar-refractivity contribution in [1.29, 1.82) is 0 Å². The first kappa shape index (κ1) is 13.8. The number of nitrogens with one attached hydrogen (secondary N) is 1. The van der Waals surface area contributed by atoms with E-state index < -0.39 is 9.84 Å². The van der Waals surface area contributed by atoms with Crippen molar-refractivity contribution >= 4 is 15.8 Å². The van der Waals surface area contributed by atoms with Gasteiger partial charge in [0.15, 0.2) is 9.84 Å². The maximum absolute atomic E-state index is 12.1. The van der Waals surface area contributed by atoms with Gasteiger partial charge in [0.1, 0.15) is 4.90 Å². The van der Waals surface area contributed by atoms with Gasteiger partial charge in [-0.25, -0.2) is 18.4 Å². The van der Waals surface area contributed by atoms with Crippen LogP contribution in [0.5, 0.6) is 0 Å². The van der Waals surface area contributed by atoms with Gasteiger partial charge in [0, 0.05) is 25.2 Å². The van der Waals surface area contributed by atoms with E-state index >= 15 is 0 Å². The highest BCUT2D eigenvalue weighted by Crippen LogP contribution is 2.33. The van der Waals surface area contributed by atoms with Gasteiger partial charge in [-0.3, -0.25) is 0 Å². The van der Waals surface area contributed by atoms with E-state index in [0.717, 1.165) is 25.9 Å². The normalized spacial score (nSPS) is 27.6. The van der Waals surface area contributed by atoms with Crippen molar-refractivity contribution in [3.05, 3.63) is 12.4 Å². The summed E-state index contributed by atoms with van der Waals surface area (Å²) in [4.78, 5) is 10.9. The highest BCUT2D eigenvalue weighted by Gasteiger charge is 2.37. The van der Waals surface area contributed by atoms with Crippen molar-refractivity contribution in [2.45, 2.75) is 48.9 Å². The van der Waals surface area contributed by atoms with Gasteiger partial charge in [0.2, 0.25) is 5.95 Å². The van der Waals surface area contributed by atoms with E-state index in [0.29, 0.717) is 18.0 Å². The van der Waals surface area contributed by atoms with Gasteiger partial charge in [0.25, 0.3) is 0 Å². The summed E-state index contributed by atoms with van der Waals surface area (Å²) in [5, 5.41) is 3.18. The Labute approximate surface area is 119 Å². The van der Waals surface area contributed by atoms with Crippen molar-refractivity contribution < 1.29 is 8.42 Å². The highest BCUT2D eigenvalue weighted by molar-refractivity contribution is 7.92. The molecule has 0 bridgehead atoms. The summed E-state index contributed by atoms with van der Waals surface area (Å²) in [5.74, 6) is 0.612. The highest BCUT2D eigenvalue weighted by atomic mass is 32.2. The van der Waals surface area contributed by atoms with Crippen LogP contribution in [0, 0.1) is 0 Å². The molecule has 1 aliphatic carbocycles. The summed E-state index contributed by atoms with van der Waals surface area (Å²) >= 11 is 0. The number of nitrogens with zero attached hydrogens (tertiary/aromatic N) is 3. The molecule has 7 heteroatoms. The number of hydrogen-bond acceptors (Lipinski definition) is 6. The minimum atomic E-state index is -3.19. The molecule has 1 saturated heterocycles. The average Bonchev–Trinajstić information content (AvgIpc) is 3.26. The molecule has 2 aliphatic rings. The van der Waals surface area contributed by atoms with Crippen LogP contribution in [0.25, 0.3) is 0 Å². The van der Waals surface area contributed by atoms with Crippen LogP contribution in [-0.4, -0.2) is 48.8 Å². The summed E-state index contributed by atoms with van der Waals surface area (Å²) in [6, 6.07) is 0.682. The second-order valence-corrected chi connectivity index (χ2v) is 8.00. The number of anilines is 1. The summed E-state index contributed by atoms with van der Waals surface area (Å²) < 4.78 is 24.2. The van der Waals surface area contributed by atoms with Crippen LogP contribution in [0.4, 0.5) is 5.95 Å². The van der Waals surface area contributed by atoms with Crippen LogP contribution >= 0.6 is 0 Å². The minimum absolute atomic E-state index is 0.213. The fraction of sp³-hybridized carbons (Fsp3) is 0.692. The lowest BCUT2D eigenvalue weighted by Crippen LogP contribution is -2.55. The van der Waals surface area contributed by atoms with Gasteiger partial charge < -0.3 is 10.2 Å². The lowest BCUT2D eigenvalue weighted by atomic mass is 10.1. The molecule has 1 saturated carbocycles. The number of piperazine rings is 1. The van der Waals surface area contributed by atoms with E-state index in [1.54, 1.807) is 0 Å². The first-order chi connectivity index (χ1) is 9.48. The maximum atomic E-state index is 12.1. The molecule has 1 aromatic heterocycles. The third-order valence-corrected chi connectivity index (χ3v) is 6.14. The van der Waals surface area contributed by atoms with Crippen LogP contribution in [0.1, 0.15) is 26.7 Å². The molecule has 0 unspecified atom stereocenters.